The van der Waals surface area contributed by atoms with Gasteiger partial charge in [0, 0.05) is 19.0 Å². The number of halogens is 1. The summed E-state index contributed by atoms with van der Waals surface area (Å²) in [5, 5.41) is 12.0. The van der Waals surface area contributed by atoms with Crippen molar-refractivity contribution in [3.8, 4) is 0 Å². The Morgan fingerprint density at radius 3 is 3.00 bits per heavy atom. The summed E-state index contributed by atoms with van der Waals surface area (Å²) in [5.41, 5.74) is 1.85. The van der Waals surface area contributed by atoms with Crippen LogP contribution in [0.3, 0.4) is 0 Å². The van der Waals surface area contributed by atoms with Crippen LogP contribution in [0.1, 0.15) is 35.7 Å². The summed E-state index contributed by atoms with van der Waals surface area (Å²) in [5.74, 6) is 0.185. The van der Waals surface area contributed by atoms with E-state index in [1.54, 1.807) is 23.5 Å². The number of carbonyl (C=O) groups excluding carboxylic acids is 1. The topological polar surface area (TPSA) is 96.8 Å². The van der Waals surface area contributed by atoms with Gasteiger partial charge in [-0.15, -0.1) is 5.10 Å². The van der Waals surface area contributed by atoms with Crippen molar-refractivity contribution < 1.29 is 9.18 Å². The van der Waals surface area contributed by atoms with Crippen molar-refractivity contribution in [2.75, 3.05) is 13.1 Å². The van der Waals surface area contributed by atoms with Gasteiger partial charge in [-0.25, -0.2) is 14.1 Å². The monoisotopic (exact) mass is 452 g/mol. The molecule has 0 radical (unpaired) electrons. The Bertz CT molecular complexity index is 1320. The van der Waals surface area contributed by atoms with Crippen LogP contribution in [0.2, 0.25) is 0 Å². The van der Waals surface area contributed by atoms with Crippen molar-refractivity contribution in [3.05, 3.63) is 74.2 Å². The molecule has 0 aliphatic carbocycles. The quantitative estimate of drug-likeness (QED) is 0.502. The fourth-order valence-corrected chi connectivity index (χ4v) is 4.77. The summed E-state index contributed by atoms with van der Waals surface area (Å²) in [6, 6.07) is 8.16. The van der Waals surface area contributed by atoms with E-state index in [-0.39, 0.29) is 35.3 Å². The third-order valence-electron chi connectivity index (χ3n) is 5.71. The standard InChI is InChI=1S/C22H21FN6O2S/c23-17-5-1-3-14(9-17)11-29-21-19(26-27-29)22(31)25-20(24-21)16-4-2-7-28(12-16)18(30)10-15-6-8-32-13-15/h1,3,5-6,8-9,13,16H,2,4,7,10-12H2,(H,24,25,31). The summed E-state index contributed by atoms with van der Waals surface area (Å²) in [4.78, 5) is 34.7. The van der Waals surface area contributed by atoms with Gasteiger partial charge in [-0.2, -0.15) is 11.3 Å². The van der Waals surface area contributed by atoms with Gasteiger partial charge >= 0.3 is 0 Å². The number of hydrogen-bond donors (Lipinski definition) is 1. The number of nitrogens with one attached hydrogen (secondary N) is 1. The first-order valence-electron chi connectivity index (χ1n) is 10.4. The van der Waals surface area contributed by atoms with E-state index in [0.29, 0.717) is 36.5 Å². The molecular weight excluding hydrogens is 431 g/mol. The number of thiophene rings is 1. The van der Waals surface area contributed by atoms with Gasteiger partial charge in [-0.1, -0.05) is 17.3 Å². The largest absolute Gasteiger partial charge is 0.342 e. The van der Waals surface area contributed by atoms with Gasteiger partial charge in [0.05, 0.1) is 13.0 Å². The molecule has 5 rings (SSSR count). The molecule has 1 amide bonds. The molecule has 1 atom stereocenters. The lowest BCUT2D eigenvalue weighted by atomic mass is 9.96. The molecule has 0 bridgehead atoms. The number of aromatic nitrogens is 5. The van der Waals surface area contributed by atoms with Crippen molar-refractivity contribution in [1.82, 2.24) is 29.9 Å². The molecule has 4 aromatic rings. The summed E-state index contributed by atoms with van der Waals surface area (Å²) < 4.78 is 15.1. The van der Waals surface area contributed by atoms with Crippen molar-refractivity contribution >= 4 is 28.4 Å². The molecule has 8 nitrogen and oxygen atoms in total. The highest BCUT2D eigenvalue weighted by atomic mass is 32.1. The molecule has 164 valence electrons. The fourth-order valence-electron chi connectivity index (χ4n) is 4.10. The Hall–Kier alpha value is -3.40. The summed E-state index contributed by atoms with van der Waals surface area (Å²) in [6.45, 7) is 1.45. The van der Waals surface area contributed by atoms with Crippen molar-refractivity contribution in [3.63, 3.8) is 0 Å². The minimum absolute atomic E-state index is 0.0781. The Kier molecular flexibility index (Phi) is 5.52. The second-order valence-electron chi connectivity index (χ2n) is 7.99. The van der Waals surface area contributed by atoms with E-state index in [4.69, 9.17) is 0 Å². The lowest BCUT2D eigenvalue weighted by molar-refractivity contribution is -0.131. The van der Waals surface area contributed by atoms with Crippen LogP contribution < -0.4 is 5.56 Å². The van der Waals surface area contributed by atoms with Crippen LogP contribution in [0, 0.1) is 5.82 Å². The second kappa shape index (κ2) is 8.62. The van der Waals surface area contributed by atoms with Gasteiger partial charge in [-0.3, -0.25) is 9.59 Å². The molecular formula is C22H21FN6O2S. The van der Waals surface area contributed by atoms with Crippen LogP contribution in [0.25, 0.3) is 11.2 Å². The molecule has 0 spiro atoms. The van der Waals surface area contributed by atoms with Crippen molar-refractivity contribution in [2.45, 2.75) is 31.7 Å². The zero-order valence-corrected chi connectivity index (χ0v) is 18.0. The smallest absolute Gasteiger partial charge is 0.281 e. The molecule has 1 aliphatic rings. The van der Waals surface area contributed by atoms with E-state index in [1.807, 2.05) is 21.7 Å². The Morgan fingerprint density at radius 2 is 2.19 bits per heavy atom. The van der Waals surface area contributed by atoms with Gasteiger partial charge in [0.15, 0.2) is 11.2 Å². The Labute approximate surface area is 186 Å². The number of fused-ring (bicyclic) bond motifs is 1. The van der Waals surface area contributed by atoms with E-state index in [2.05, 4.69) is 20.3 Å². The summed E-state index contributed by atoms with van der Waals surface area (Å²) >= 11 is 1.58. The normalized spacial score (nSPS) is 16.5. The van der Waals surface area contributed by atoms with Crippen LogP contribution in [0.4, 0.5) is 4.39 Å². The highest BCUT2D eigenvalue weighted by Gasteiger charge is 2.27. The molecule has 10 heteroatoms. The minimum atomic E-state index is -0.364. The predicted molar refractivity (Wildman–Crippen MR) is 118 cm³/mol. The number of likely N-dealkylation sites (tertiary alicyclic amines) is 1. The number of piperidine rings is 1. The SMILES string of the molecule is O=C(Cc1ccsc1)N1CCCC(c2nc3c(nnn3Cc3cccc(F)c3)c(=O)[nH]2)C1. The van der Waals surface area contributed by atoms with Crippen LogP contribution in [0.5, 0.6) is 0 Å². The number of aromatic amines is 1. The molecule has 1 unspecified atom stereocenters. The molecule has 1 N–H and O–H groups in total. The second-order valence-corrected chi connectivity index (χ2v) is 8.77. The van der Waals surface area contributed by atoms with E-state index in [1.165, 1.54) is 16.8 Å². The summed E-state index contributed by atoms with van der Waals surface area (Å²) in [7, 11) is 0. The van der Waals surface area contributed by atoms with E-state index < -0.39 is 0 Å². The third kappa shape index (κ3) is 4.18. The Morgan fingerprint density at radius 1 is 1.28 bits per heavy atom. The zero-order valence-electron chi connectivity index (χ0n) is 17.2. The van der Waals surface area contributed by atoms with Gasteiger partial charge in [0.2, 0.25) is 5.91 Å². The molecule has 3 aromatic heterocycles. The van der Waals surface area contributed by atoms with E-state index >= 15 is 0 Å². The van der Waals surface area contributed by atoms with E-state index in [0.717, 1.165) is 18.4 Å². The molecule has 1 aliphatic heterocycles. The van der Waals surface area contributed by atoms with Crippen molar-refractivity contribution in [1.29, 1.82) is 0 Å². The number of H-pyrrole nitrogens is 1. The van der Waals surface area contributed by atoms with Gasteiger partial charge in [0.1, 0.15) is 11.6 Å². The molecule has 1 fully saturated rings. The van der Waals surface area contributed by atoms with Gasteiger partial charge < -0.3 is 9.88 Å². The maximum atomic E-state index is 13.6. The first-order chi connectivity index (χ1) is 15.6. The molecule has 1 aromatic carbocycles. The minimum Gasteiger partial charge on any atom is -0.342 e. The Balaban J connectivity index is 1.40. The molecule has 4 heterocycles. The van der Waals surface area contributed by atoms with Gasteiger partial charge in [-0.05, 0) is 52.9 Å². The number of carbonyl (C=O) groups is 1. The van der Waals surface area contributed by atoms with Crippen LogP contribution >= 0.6 is 11.3 Å². The highest BCUT2D eigenvalue weighted by molar-refractivity contribution is 7.08. The summed E-state index contributed by atoms with van der Waals surface area (Å²) in [6.07, 6.45) is 2.04. The number of benzene rings is 1. The first-order valence-corrected chi connectivity index (χ1v) is 11.4. The highest BCUT2D eigenvalue weighted by Crippen LogP contribution is 2.25. The number of rotatable bonds is 5. The lowest BCUT2D eigenvalue weighted by Crippen LogP contribution is -2.40. The molecule has 0 saturated carbocycles. The number of amides is 1. The average Bonchev–Trinajstić information content (AvgIpc) is 3.44. The number of hydrogen-bond acceptors (Lipinski definition) is 6. The molecule has 32 heavy (non-hydrogen) atoms. The predicted octanol–water partition coefficient (Wildman–Crippen LogP) is 2.71. The average molecular weight is 453 g/mol. The van der Waals surface area contributed by atoms with Gasteiger partial charge in [0.25, 0.3) is 5.56 Å². The van der Waals surface area contributed by atoms with Crippen LogP contribution in [-0.4, -0.2) is 48.9 Å². The maximum Gasteiger partial charge on any atom is 0.281 e. The van der Waals surface area contributed by atoms with Crippen LogP contribution in [-0.2, 0) is 17.8 Å². The first kappa shape index (κ1) is 20.5. The number of nitrogens with zero attached hydrogens (tertiary/aromatic N) is 5. The fraction of sp³-hybridized carbons (Fsp3) is 0.318. The van der Waals surface area contributed by atoms with E-state index in [9.17, 15) is 14.0 Å². The zero-order chi connectivity index (χ0) is 22.1. The lowest BCUT2D eigenvalue weighted by Gasteiger charge is -2.32. The van der Waals surface area contributed by atoms with Crippen molar-refractivity contribution in [2.24, 2.45) is 0 Å². The van der Waals surface area contributed by atoms with Crippen LogP contribution in [0.15, 0.2) is 45.9 Å². The third-order valence-corrected chi connectivity index (χ3v) is 6.44. The molecule has 1 saturated heterocycles. The maximum absolute atomic E-state index is 13.6.